The normalized spacial score (nSPS) is 16.9. The molecule has 0 saturated heterocycles. The first-order valence-corrected chi connectivity index (χ1v) is 7.20. The van der Waals surface area contributed by atoms with Crippen LogP contribution >= 0.6 is 0 Å². The lowest BCUT2D eigenvalue weighted by Crippen LogP contribution is -2.25. The van der Waals surface area contributed by atoms with Crippen LogP contribution < -0.4 is 15.4 Å². The van der Waals surface area contributed by atoms with Gasteiger partial charge in [-0.05, 0) is 31.9 Å². The van der Waals surface area contributed by atoms with Crippen LogP contribution in [0.4, 0.5) is 21.5 Å². The topological polar surface area (TPSA) is 38.5 Å². The Bertz CT molecular complexity index is 672. The van der Waals surface area contributed by atoms with Gasteiger partial charge in [-0.25, -0.2) is 4.39 Å². The number of nitrogens with zero attached hydrogens (tertiary/aromatic N) is 1. The maximum absolute atomic E-state index is 13.9. The molecule has 1 heterocycles. The molecule has 1 aliphatic heterocycles. The number of rotatable bonds is 3. The van der Waals surface area contributed by atoms with Gasteiger partial charge in [-0.3, -0.25) is 0 Å². The second-order valence-electron chi connectivity index (χ2n) is 5.33. The highest BCUT2D eigenvalue weighted by molar-refractivity contribution is 5.80. The van der Waals surface area contributed by atoms with E-state index in [2.05, 4.69) is 24.0 Å². The van der Waals surface area contributed by atoms with Gasteiger partial charge in [0.2, 0.25) is 0 Å². The molecule has 0 spiro atoms. The van der Waals surface area contributed by atoms with Crippen LogP contribution in [0.15, 0.2) is 36.4 Å². The van der Waals surface area contributed by atoms with Gasteiger partial charge in [-0.15, -0.1) is 0 Å². The van der Waals surface area contributed by atoms with E-state index < -0.39 is 5.82 Å². The number of nitrogens with two attached hydrogens (primary N) is 1. The van der Waals surface area contributed by atoms with Crippen LogP contribution in [-0.4, -0.2) is 12.6 Å². The molecule has 2 N–H and O–H groups in total. The van der Waals surface area contributed by atoms with E-state index in [1.165, 1.54) is 11.6 Å². The lowest BCUT2D eigenvalue weighted by molar-refractivity contribution is 0.322. The number of benzene rings is 2. The molecule has 1 unspecified atom stereocenters. The van der Waals surface area contributed by atoms with Crippen LogP contribution in [0.1, 0.15) is 19.4 Å². The SMILES string of the molecule is CCOc1cc(N2c3ccccc3CC2C)c(N)cc1F. The van der Waals surface area contributed by atoms with E-state index in [9.17, 15) is 4.39 Å². The summed E-state index contributed by atoms with van der Waals surface area (Å²) in [6.45, 7) is 4.40. The zero-order valence-electron chi connectivity index (χ0n) is 12.3. The molecular weight excluding hydrogens is 267 g/mol. The van der Waals surface area contributed by atoms with E-state index in [-0.39, 0.29) is 11.8 Å². The van der Waals surface area contributed by atoms with Crippen molar-refractivity contribution >= 4 is 17.1 Å². The third-order valence-electron chi connectivity index (χ3n) is 3.85. The average Bonchev–Trinajstić information content (AvgIpc) is 2.78. The lowest BCUT2D eigenvalue weighted by Gasteiger charge is -2.27. The minimum Gasteiger partial charge on any atom is -0.491 e. The summed E-state index contributed by atoms with van der Waals surface area (Å²) in [5, 5.41) is 0. The summed E-state index contributed by atoms with van der Waals surface area (Å²) in [5.41, 5.74) is 9.70. The number of nitrogen functional groups attached to an aromatic ring is 1. The molecule has 0 fully saturated rings. The molecule has 0 bridgehead atoms. The molecule has 21 heavy (non-hydrogen) atoms. The first-order valence-electron chi connectivity index (χ1n) is 7.20. The van der Waals surface area contributed by atoms with Crippen molar-refractivity contribution < 1.29 is 9.13 Å². The fraction of sp³-hybridized carbons (Fsp3) is 0.294. The van der Waals surface area contributed by atoms with E-state index in [0.717, 1.165) is 17.8 Å². The number of ether oxygens (including phenoxy) is 1. The fourth-order valence-electron chi connectivity index (χ4n) is 2.97. The van der Waals surface area contributed by atoms with Crippen molar-refractivity contribution in [3.63, 3.8) is 0 Å². The molecule has 0 aliphatic carbocycles. The minimum absolute atomic E-state index is 0.248. The van der Waals surface area contributed by atoms with Crippen molar-refractivity contribution in [2.75, 3.05) is 17.2 Å². The zero-order chi connectivity index (χ0) is 15.0. The molecule has 0 saturated carbocycles. The fourth-order valence-corrected chi connectivity index (χ4v) is 2.97. The van der Waals surface area contributed by atoms with Crippen molar-refractivity contribution in [2.24, 2.45) is 0 Å². The summed E-state index contributed by atoms with van der Waals surface area (Å²) >= 11 is 0. The summed E-state index contributed by atoms with van der Waals surface area (Å²) in [7, 11) is 0. The largest absolute Gasteiger partial charge is 0.491 e. The van der Waals surface area contributed by atoms with Crippen molar-refractivity contribution in [1.29, 1.82) is 0 Å². The summed E-state index contributed by atoms with van der Waals surface area (Å²) in [5.74, 6) is -0.170. The van der Waals surface area contributed by atoms with Gasteiger partial charge in [0.15, 0.2) is 11.6 Å². The predicted molar refractivity (Wildman–Crippen MR) is 83.7 cm³/mol. The Morgan fingerprint density at radius 1 is 1.29 bits per heavy atom. The Labute approximate surface area is 124 Å². The Balaban J connectivity index is 2.10. The molecule has 4 heteroatoms. The number of halogens is 1. The zero-order valence-corrected chi connectivity index (χ0v) is 12.3. The third-order valence-corrected chi connectivity index (χ3v) is 3.85. The van der Waals surface area contributed by atoms with Crippen molar-refractivity contribution in [3.05, 3.63) is 47.8 Å². The summed E-state index contributed by atoms with van der Waals surface area (Å²) in [6.07, 6.45) is 0.955. The van der Waals surface area contributed by atoms with Gasteiger partial charge in [-0.2, -0.15) is 0 Å². The van der Waals surface area contributed by atoms with Gasteiger partial charge >= 0.3 is 0 Å². The molecule has 0 aromatic heterocycles. The van der Waals surface area contributed by atoms with Crippen LogP contribution in [-0.2, 0) is 6.42 Å². The smallest absolute Gasteiger partial charge is 0.167 e. The molecule has 3 rings (SSSR count). The highest BCUT2D eigenvalue weighted by Crippen LogP contribution is 2.42. The first-order chi connectivity index (χ1) is 10.1. The van der Waals surface area contributed by atoms with Crippen molar-refractivity contribution in [3.8, 4) is 5.75 Å². The van der Waals surface area contributed by atoms with Crippen molar-refractivity contribution in [1.82, 2.24) is 0 Å². The van der Waals surface area contributed by atoms with Gasteiger partial charge in [0.25, 0.3) is 0 Å². The van der Waals surface area contributed by atoms with E-state index in [0.29, 0.717) is 12.3 Å². The number of para-hydroxylation sites is 1. The molecule has 2 aromatic carbocycles. The minimum atomic E-state index is -0.418. The van der Waals surface area contributed by atoms with Crippen molar-refractivity contribution in [2.45, 2.75) is 26.3 Å². The lowest BCUT2D eigenvalue weighted by atomic mass is 10.1. The molecule has 3 nitrogen and oxygen atoms in total. The molecular formula is C17H19FN2O. The van der Waals surface area contributed by atoms with E-state index in [4.69, 9.17) is 10.5 Å². The second-order valence-corrected chi connectivity index (χ2v) is 5.33. The Morgan fingerprint density at radius 2 is 2.05 bits per heavy atom. The average molecular weight is 286 g/mol. The maximum atomic E-state index is 13.9. The van der Waals surface area contributed by atoms with Gasteiger partial charge in [0, 0.05) is 23.9 Å². The Hall–Kier alpha value is -2.23. The van der Waals surface area contributed by atoms with Crippen LogP contribution in [0.5, 0.6) is 5.75 Å². The molecule has 110 valence electrons. The quantitative estimate of drug-likeness (QED) is 0.870. The molecule has 1 atom stereocenters. The number of anilines is 3. The van der Waals surface area contributed by atoms with Gasteiger partial charge < -0.3 is 15.4 Å². The first kappa shape index (κ1) is 13.7. The van der Waals surface area contributed by atoms with Crippen LogP contribution in [0.3, 0.4) is 0 Å². The maximum Gasteiger partial charge on any atom is 0.167 e. The summed E-state index contributed by atoms with van der Waals surface area (Å²) in [4.78, 5) is 2.16. The van der Waals surface area contributed by atoms with Crippen LogP contribution in [0.2, 0.25) is 0 Å². The molecule has 1 aliphatic rings. The number of hydrogen-bond donors (Lipinski definition) is 1. The van der Waals surface area contributed by atoms with Crippen LogP contribution in [0, 0.1) is 5.82 Å². The van der Waals surface area contributed by atoms with E-state index in [1.54, 1.807) is 6.07 Å². The number of hydrogen-bond acceptors (Lipinski definition) is 3. The number of fused-ring (bicyclic) bond motifs is 1. The van der Waals surface area contributed by atoms with Crippen LogP contribution in [0.25, 0.3) is 0 Å². The third kappa shape index (κ3) is 2.31. The Kier molecular flexibility index (Phi) is 3.45. The van der Waals surface area contributed by atoms with E-state index >= 15 is 0 Å². The van der Waals surface area contributed by atoms with Gasteiger partial charge in [0.05, 0.1) is 18.0 Å². The Morgan fingerprint density at radius 3 is 2.81 bits per heavy atom. The highest BCUT2D eigenvalue weighted by Gasteiger charge is 2.28. The summed E-state index contributed by atoms with van der Waals surface area (Å²) < 4.78 is 19.2. The highest BCUT2D eigenvalue weighted by atomic mass is 19.1. The standard InChI is InChI=1S/C17H19FN2O/c1-3-21-17-10-16(14(19)9-13(17)18)20-11(2)8-12-6-4-5-7-15(12)20/h4-7,9-11H,3,8,19H2,1-2H3. The van der Waals surface area contributed by atoms with E-state index in [1.807, 2.05) is 19.1 Å². The predicted octanol–water partition coefficient (Wildman–Crippen LogP) is 3.89. The molecule has 0 radical (unpaired) electrons. The molecule has 2 aromatic rings. The monoisotopic (exact) mass is 286 g/mol. The summed E-state index contributed by atoms with van der Waals surface area (Å²) in [6, 6.07) is 11.6. The molecule has 0 amide bonds. The second kappa shape index (κ2) is 5.28. The van der Waals surface area contributed by atoms with Gasteiger partial charge in [0.1, 0.15) is 0 Å². The van der Waals surface area contributed by atoms with Gasteiger partial charge in [-0.1, -0.05) is 18.2 Å².